The quantitative estimate of drug-likeness (QED) is 0.117. The summed E-state index contributed by atoms with van der Waals surface area (Å²) in [6, 6.07) is 7.20. The minimum atomic E-state index is -1.26. The maximum atomic E-state index is 13.8. The molecule has 0 radical (unpaired) electrons. The minimum Gasteiger partial charge on any atom is -0.478 e. The fourth-order valence-electron chi connectivity index (χ4n) is 5.23. The van der Waals surface area contributed by atoms with Crippen LogP contribution in [0, 0.1) is 17.8 Å². The fourth-order valence-corrected chi connectivity index (χ4v) is 5.47. The molecule has 1 aliphatic heterocycles. The molecule has 1 atom stereocenters. The van der Waals surface area contributed by atoms with Crippen molar-refractivity contribution in [2.75, 3.05) is 46.7 Å². The number of ether oxygens (including phenoxy) is 4. The van der Waals surface area contributed by atoms with Crippen molar-refractivity contribution >= 4 is 35.5 Å². The third-order valence-electron chi connectivity index (χ3n) is 7.60. The molecule has 0 amide bonds. The fraction of sp³-hybridized carbons (Fsp3) is 0.500. The van der Waals surface area contributed by atoms with Crippen LogP contribution in [0.15, 0.2) is 59.0 Å². The van der Waals surface area contributed by atoms with Gasteiger partial charge in [0.15, 0.2) is 0 Å². The van der Waals surface area contributed by atoms with Gasteiger partial charge in [-0.2, -0.15) is 0 Å². The number of esters is 2. The zero-order valence-corrected chi connectivity index (χ0v) is 26.2. The topological polar surface area (TPSA) is 184 Å². The van der Waals surface area contributed by atoms with Crippen molar-refractivity contribution in [2.45, 2.75) is 38.5 Å². The third kappa shape index (κ3) is 11.0. The lowest BCUT2D eigenvalue weighted by Crippen LogP contribution is -2.35. The van der Waals surface area contributed by atoms with Crippen LogP contribution in [0.25, 0.3) is 0 Å². The first kappa shape index (κ1) is 35.8. The molecule has 2 fully saturated rings. The highest BCUT2D eigenvalue weighted by atomic mass is 35.5. The Hall–Kier alpha value is -3.71. The van der Waals surface area contributed by atoms with Gasteiger partial charge in [0.25, 0.3) is 0 Å². The Kier molecular flexibility index (Phi) is 14.1. The van der Waals surface area contributed by atoms with Gasteiger partial charge in [-0.15, -0.1) is 0 Å². The van der Waals surface area contributed by atoms with Crippen LogP contribution in [-0.4, -0.2) is 80.8 Å². The van der Waals surface area contributed by atoms with Gasteiger partial charge in [-0.05, 0) is 62.0 Å². The SMILES string of the molecule is COC(=O)C1=C(C)NC(COCCOCCN)=C(C(=O)OCC(C2CC2)C2CC2)[C@@H]1c1ccccc1Cl.O=C(O)C=CC(=O)O. The first-order chi connectivity index (χ1) is 21.6. The minimum absolute atomic E-state index is 0.109. The lowest BCUT2D eigenvalue weighted by molar-refractivity contribution is -0.141. The number of carboxylic acids is 2. The maximum absolute atomic E-state index is 13.8. The van der Waals surface area contributed by atoms with E-state index < -0.39 is 29.8 Å². The van der Waals surface area contributed by atoms with Crippen molar-refractivity contribution in [3.63, 3.8) is 0 Å². The van der Waals surface area contributed by atoms with Crippen LogP contribution in [0.3, 0.4) is 0 Å². The van der Waals surface area contributed by atoms with E-state index in [2.05, 4.69) is 5.32 Å². The van der Waals surface area contributed by atoms with Gasteiger partial charge in [0.05, 0.1) is 62.9 Å². The van der Waals surface area contributed by atoms with Crippen molar-refractivity contribution in [1.82, 2.24) is 5.32 Å². The predicted octanol–water partition coefficient (Wildman–Crippen LogP) is 3.41. The Morgan fingerprint density at radius 2 is 1.56 bits per heavy atom. The summed E-state index contributed by atoms with van der Waals surface area (Å²) in [7, 11) is 1.32. The van der Waals surface area contributed by atoms with Crippen molar-refractivity contribution in [3.8, 4) is 0 Å². The maximum Gasteiger partial charge on any atom is 0.336 e. The Morgan fingerprint density at radius 3 is 2.09 bits per heavy atom. The van der Waals surface area contributed by atoms with Crippen LogP contribution in [0.2, 0.25) is 5.02 Å². The van der Waals surface area contributed by atoms with Crippen LogP contribution >= 0.6 is 11.6 Å². The summed E-state index contributed by atoms with van der Waals surface area (Å²) in [4.78, 5) is 45.9. The zero-order valence-electron chi connectivity index (χ0n) is 25.5. The van der Waals surface area contributed by atoms with E-state index in [9.17, 15) is 19.2 Å². The highest BCUT2D eigenvalue weighted by molar-refractivity contribution is 6.31. The van der Waals surface area contributed by atoms with E-state index in [1.54, 1.807) is 13.0 Å². The van der Waals surface area contributed by atoms with Gasteiger partial charge < -0.3 is 40.2 Å². The number of nitrogens with two attached hydrogens (primary N) is 1. The van der Waals surface area contributed by atoms with Gasteiger partial charge in [0.1, 0.15) is 0 Å². The van der Waals surface area contributed by atoms with E-state index in [1.807, 2.05) is 18.2 Å². The van der Waals surface area contributed by atoms with E-state index in [0.717, 1.165) is 0 Å². The zero-order chi connectivity index (χ0) is 32.9. The number of carbonyl (C=O) groups is 4. The number of carbonyl (C=O) groups excluding carboxylic acids is 2. The number of rotatable bonds is 16. The lowest BCUT2D eigenvalue weighted by atomic mass is 9.80. The van der Waals surface area contributed by atoms with Crippen LogP contribution in [0.4, 0.5) is 0 Å². The first-order valence-corrected chi connectivity index (χ1v) is 15.2. The number of aliphatic carboxylic acids is 2. The molecule has 0 unspecified atom stereocenters. The Bertz CT molecular complexity index is 1290. The summed E-state index contributed by atoms with van der Waals surface area (Å²) in [5.74, 6) is -2.61. The molecule has 1 aromatic rings. The van der Waals surface area contributed by atoms with E-state index in [0.29, 0.717) is 96.0 Å². The number of carboxylic acid groups (broad SMARTS) is 2. The number of methoxy groups -OCH3 is 1. The van der Waals surface area contributed by atoms with Crippen LogP contribution < -0.4 is 11.1 Å². The molecule has 13 heteroatoms. The average molecular weight is 649 g/mol. The Balaban J connectivity index is 0.000000610. The van der Waals surface area contributed by atoms with E-state index in [-0.39, 0.29) is 6.61 Å². The smallest absolute Gasteiger partial charge is 0.336 e. The molecule has 0 spiro atoms. The summed E-state index contributed by atoms with van der Waals surface area (Å²) in [6.07, 6.45) is 5.91. The summed E-state index contributed by atoms with van der Waals surface area (Å²) in [6.45, 7) is 3.85. The van der Waals surface area contributed by atoms with Gasteiger partial charge in [-0.25, -0.2) is 19.2 Å². The Morgan fingerprint density at radius 1 is 0.956 bits per heavy atom. The second-order valence-electron chi connectivity index (χ2n) is 10.9. The molecule has 0 aromatic heterocycles. The van der Waals surface area contributed by atoms with Gasteiger partial charge in [-0.3, -0.25) is 0 Å². The van der Waals surface area contributed by atoms with Crippen molar-refractivity contribution < 1.29 is 48.3 Å². The number of hydrogen-bond donors (Lipinski definition) is 4. The molecule has 246 valence electrons. The molecule has 5 N–H and O–H groups in total. The lowest BCUT2D eigenvalue weighted by Gasteiger charge is -2.32. The van der Waals surface area contributed by atoms with Crippen molar-refractivity contribution in [3.05, 3.63) is 69.5 Å². The molecule has 0 bridgehead atoms. The molecule has 12 nitrogen and oxygen atoms in total. The van der Waals surface area contributed by atoms with E-state index in [1.165, 1.54) is 32.8 Å². The summed E-state index contributed by atoms with van der Waals surface area (Å²) in [5, 5.41) is 19.3. The summed E-state index contributed by atoms with van der Waals surface area (Å²) >= 11 is 6.61. The molecule has 3 aliphatic rings. The van der Waals surface area contributed by atoms with Gasteiger partial charge in [0, 0.05) is 29.4 Å². The van der Waals surface area contributed by atoms with Gasteiger partial charge >= 0.3 is 23.9 Å². The van der Waals surface area contributed by atoms with Crippen molar-refractivity contribution in [1.29, 1.82) is 0 Å². The standard InChI is InChI=1S/C28H37ClN2O6.C4H4O4/c1-17-24(27(32)34-2)25(20-5-3-4-6-22(20)29)26(23(31-17)16-36-14-13-35-12-11-30)28(33)37-15-21(18-7-8-18)19-9-10-19;5-3(6)1-2-4(7)8/h3-6,18-19,21,25,31H,7-16,30H2,1-2H3;1-2H,(H,5,6)(H,7,8)/t25-;/m1./s1. The molecule has 2 aliphatic carbocycles. The number of hydrogen-bond acceptors (Lipinski definition) is 10. The number of dihydropyridines is 1. The molecular weight excluding hydrogens is 608 g/mol. The number of nitrogens with one attached hydrogen (secondary N) is 1. The van der Waals surface area contributed by atoms with Crippen LogP contribution in [-0.2, 0) is 38.1 Å². The second kappa shape index (κ2) is 17.7. The normalized spacial score (nSPS) is 17.9. The van der Waals surface area contributed by atoms with Gasteiger partial charge in [-0.1, -0.05) is 29.8 Å². The number of benzene rings is 1. The molecule has 45 heavy (non-hydrogen) atoms. The largest absolute Gasteiger partial charge is 0.478 e. The van der Waals surface area contributed by atoms with Crippen molar-refractivity contribution in [2.24, 2.45) is 23.5 Å². The Labute approximate surface area is 267 Å². The van der Waals surface area contributed by atoms with Crippen LogP contribution in [0.1, 0.15) is 44.1 Å². The van der Waals surface area contributed by atoms with E-state index in [4.69, 9.17) is 46.5 Å². The summed E-state index contributed by atoms with van der Waals surface area (Å²) in [5.41, 5.74) is 7.83. The van der Waals surface area contributed by atoms with Gasteiger partial charge in [0.2, 0.25) is 0 Å². The van der Waals surface area contributed by atoms with E-state index >= 15 is 0 Å². The second-order valence-corrected chi connectivity index (χ2v) is 11.3. The first-order valence-electron chi connectivity index (χ1n) is 14.8. The average Bonchev–Trinajstić information content (AvgIpc) is 3.94. The molecule has 0 saturated heterocycles. The molecule has 1 heterocycles. The predicted molar refractivity (Wildman–Crippen MR) is 164 cm³/mol. The highest BCUT2D eigenvalue weighted by Gasteiger charge is 2.44. The number of halogens is 1. The molecular formula is C32H41ClN2O10. The number of allylic oxidation sites excluding steroid dienone is 1. The molecule has 1 aromatic carbocycles. The monoisotopic (exact) mass is 648 g/mol. The third-order valence-corrected chi connectivity index (χ3v) is 7.94. The summed E-state index contributed by atoms with van der Waals surface area (Å²) < 4.78 is 22.3. The van der Waals surface area contributed by atoms with Crippen LogP contribution in [0.5, 0.6) is 0 Å². The molecule has 2 saturated carbocycles. The molecule has 4 rings (SSSR count). The highest BCUT2D eigenvalue weighted by Crippen LogP contribution is 2.49.